The summed E-state index contributed by atoms with van der Waals surface area (Å²) in [5.74, 6) is 0.947. The van der Waals surface area contributed by atoms with Crippen LogP contribution in [0.15, 0.2) is 24.3 Å². The monoisotopic (exact) mass is 249 g/mol. The number of benzene rings is 1. The summed E-state index contributed by atoms with van der Waals surface area (Å²) in [5.41, 5.74) is 2.60. The zero-order chi connectivity index (χ0) is 12.3. The van der Waals surface area contributed by atoms with E-state index < -0.39 is 0 Å². The molecular weight excluding hydrogens is 234 g/mol. The fourth-order valence-corrected chi connectivity index (χ4v) is 2.12. The topological polar surface area (TPSA) is 30.7 Å². The van der Waals surface area contributed by atoms with Crippen molar-refractivity contribution in [2.45, 2.75) is 33.2 Å². The van der Waals surface area contributed by atoms with Gasteiger partial charge in [-0.2, -0.15) is 0 Å². The number of aromatic nitrogens is 3. The number of nitrogens with zero attached hydrogens (tertiary/aromatic N) is 3. The Bertz CT molecular complexity index is 505. The van der Waals surface area contributed by atoms with Crippen molar-refractivity contribution in [2.75, 3.05) is 0 Å². The van der Waals surface area contributed by atoms with Gasteiger partial charge in [0.25, 0.3) is 0 Å². The Balaban J connectivity index is 2.09. The molecule has 0 saturated heterocycles. The van der Waals surface area contributed by atoms with Crippen molar-refractivity contribution < 1.29 is 0 Å². The number of aryl methyl sites for hydroxylation is 3. The summed E-state index contributed by atoms with van der Waals surface area (Å²) in [4.78, 5) is 0. The summed E-state index contributed by atoms with van der Waals surface area (Å²) >= 11 is 6.01. The average molecular weight is 250 g/mol. The zero-order valence-electron chi connectivity index (χ0n) is 10.2. The highest BCUT2D eigenvalue weighted by molar-refractivity contribution is 6.28. The van der Waals surface area contributed by atoms with E-state index in [0.29, 0.717) is 5.28 Å². The van der Waals surface area contributed by atoms with Crippen molar-refractivity contribution >= 4 is 11.6 Å². The molecule has 4 heteroatoms. The van der Waals surface area contributed by atoms with Crippen molar-refractivity contribution in [3.8, 4) is 0 Å². The summed E-state index contributed by atoms with van der Waals surface area (Å²) in [6, 6.07) is 8.52. The van der Waals surface area contributed by atoms with Gasteiger partial charge in [0, 0.05) is 13.0 Å². The van der Waals surface area contributed by atoms with Crippen LogP contribution in [0.4, 0.5) is 0 Å². The van der Waals surface area contributed by atoms with Gasteiger partial charge in [0.05, 0.1) is 0 Å². The Morgan fingerprint density at radius 2 is 2.12 bits per heavy atom. The molecule has 0 N–H and O–H groups in total. The smallest absolute Gasteiger partial charge is 0.225 e. The second-order valence-corrected chi connectivity index (χ2v) is 4.47. The molecule has 2 aromatic rings. The maximum atomic E-state index is 6.01. The van der Waals surface area contributed by atoms with Crippen LogP contribution in [-0.2, 0) is 19.4 Å². The van der Waals surface area contributed by atoms with E-state index in [-0.39, 0.29) is 0 Å². The van der Waals surface area contributed by atoms with E-state index in [9.17, 15) is 0 Å². The van der Waals surface area contributed by atoms with Crippen LogP contribution >= 0.6 is 11.6 Å². The van der Waals surface area contributed by atoms with Crippen LogP contribution in [0.1, 0.15) is 23.9 Å². The maximum absolute atomic E-state index is 6.01. The average Bonchev–Trinajstić information content (AvgIpc) is 2.67. The Kier molecular flexibility index (Phi) is 3.79. The van der Waals surface area contributed by atoms with Crippen LogP contribution in [-0.4, -0.2) is 14.8 Å². The minimum atomic E-state index is 0.481. The molecule has 0 fully saturated rings. The highest BCUT2D eigenvalue weighted by Crippen LogP contribution is 2.12. The maximum Gasteiger partial charge on any atom is 0.225 e. The van der Waals surface area contributed by atoms with Gasteiger partial charge in [-0.3, -0.25) is 0 Å². The molecule has 90 valence electrons. The lowest BCUT2D eigenvalue weighted by atomic mass is 10.1. The van der Waals surface area contributed by atoms with E-state index in [1.54, 1.807) is 0 Å². The Morgan fingerprint density at radius 3 is 2.82 bits per heavy atom. The van der Waals surface area contributed by atoms with Crippen LogP contribution < -0.4 is 0 Å². The van der Waals surface area contributed by atoms with Crippen LogP contribution in [0.3, 0.4) is 0 Å². The molecule has 0 aliphatic rings. The SMILES string of the molecule is CCc1nnc(Cl)n1CCc1cccc(C)c1. The van der Waals surface area contributed by atoms with E-state index in [4.69, 9.17) is 11.6 Å². The molecule has 0 aliphatic carbocycles. The summed E-state index contributed by atoms with van der Waals surface area (Å²) in [7, 11) is 0. The molecule has 0 saturated carbocycles. The number of rotatable bonds is 4. The summed E-state index contributed by atoms with van der Waals surface area (Å²) < 4.78 is 1.98. The van der Waals surface area contributed by atoms with Gasteiger partial charge < -0.3 is 4.57 Å². The molecule has 2 rings (SSSR count). The van der Waals surface area contributed by atoms with E-state index in [1.165, 1.54) is 11.1 Å². The quantitative estimate of drug-likeness (QED) is 0.834. The standard InChI is InChI=1S/C13H16ClN3/c1-3-12-15-16-13(14)17(12)8-7-11-6-4-5-10(2)9-11/h4-6,9H,3,7-8H2,1-2H3. The highest BCUT2D eigenvalue weighted by Gasteiger charge is 2.07. The first-order chi connectivity index (χ1) is 8.20. The first-order valence-corrected chi connectivity index (χ1v) is 6.21. The van der Waals surface area contributed by atoms with Crippen LogP contribution in [0.25, 0.3) is 0 Å². The predicted molar refractivity (Wildman–Crippen MR) is 69.3 cm³/mol. The minimum Gasteiger partial charge on any atom is -0.301 e. The fraction of sp³-hybridized carbons (Fsp3) is 0.385. The van der Waals surface area contributed by atoms with Crippen molar-refractivity contribution in [3.05, 3.63) is 46.5 Å². The first kappa shape index (κ1) is 12.1. The second-order valence-electron chi connectivity index (χ2n) is 4.13. The third-order valence-electron chi connectivity index (χ3n) is 2.81. The van der Waals surface area contributed by atoms with Gasteiger partial charge in [-0.15, -0.1) is 10.2 Å². The molecular formula is C13H16ClN3. The van der Waals surface area contributed by atoms with E-state index in [0.717, 1.165) is 25.2 Å². The molecule has 3 nitrogen and oxygen atoms in total. The normalized spacial score (nSPS) is 10.8. The second kappa shape index (κ2) is 5.32. The lowest BCUT2D eigenvalue weighted by Gasteiger charge is -2.07. The van der Waals surface area contributed by atoms with Gasteiger partial charge in [-0.25, -0.2) is 0 Å². The molecule has 0 amide bonds. The third kappa shape index (κ3) is 2.86. The molecule has 0 aliphatic heterocycles. The Labute approximate surface area is 106 Å². The van der Waals surface area contributed by atoms with Gasteiger partial charge >= 0.3 is 0 Å². The van der Waals surface area contributed by atoms with Crippen LogP contribution in [0, 0.1) is 6.92 Å². The lowest BCUT2D eigenvalue weighted by molar-refractivity contribution is 0.656. The minimum absolute atomic E-state index is 0.481. The first-order valence-electron chi connectivity index (χ1n) is 5.84. The van der Waals surface area contributed by atoms with Gasteiger partial charge in [-0.1, -0.05) is 36.8 Å². The summed E-state index contributed by atoms with van der Waals surface area (Å²) in [6.45, 7) is 4.99. The fourth-order valence-electron chi connectivity index (χ4n) is 1.90. The molecule has 0 unspecified atom stereocenters. The van der Waals surface area contributed by atoms with Gasteiger partial charge in [-0.05, 0) is 30.5 Å². The van der Waals surface area contributed by atoms with Crippen LogP contribution in [0.2, 0.25) is 5.28 Å². The number of hydrogen-bond donors (Lipinski definition) is 0. The van der Waals surface area contributed by atoms with Gasteiger partial charge in [0.15, 0.2) is 0 Å². The van der Waals surface area contributed by atoms with Gasteiger partial charge in [0.1, 0.15) is 5.82 Å². The Morgan fingerprint density at radius 1 is 1.29 bits per heavy atom. The molecule has 0 atom stereocenters. The summed E-state index contributed by atoms with van der Waals surface area (Å²) in [6.07, 6.45) is 1.81. The van der Waals surface area contributed by atoms with Crippen molar-refractivity contribution in [1.82, 2.24) is 14.8 Å². The molecule has 1 aromatic heterocycles. The third-order valence-corrected chi connectivity index (χ3v) is 3.08. The summed E-state index contributed by atoms with van der Waals surface area (Å²) in [5, 5.41) is 8.42. The molecule has 1 aromatic carbocycles. The predicted octanol–water partition coefficient (Wildman–Crippen LogP) is 3.05. The number of hydrogen-bond acceptors (Lipinski definition) is 2. The van der Waals surface area contributed by atoms with Crippen molar-refractivity contribution in [2.24, 2.45) is 0 Å². The van der Waals surface area contributed by atoms with Crippen molar-refractivity contribution in [3.63, 3.8) is 0 Å². The Hall–Kier alpha value is -1.35. The lowest BCUT2D eigenvalue weighted by Crippen LogP contribution is -2.06. The van der Waals surface area contributed by atoms with E-state index >= 15 is 0 Å². The van der Waals surface area contributed by atoms with Crippen LogP contribution in [0.5, 0.6) is 0 Å². The zero-order valence-corrected chi connectivity index (χ0v) is 10.9. The largest absolute Gasteiger partial charge is 0.301 e. The van der Waals surface area contributed by atoms with Crippen molar-refractivity contribution in [1.29, 1.82) is 0 Å². The number of halogens is 1. The molecule has 0 spiro atoms. The van der Waals surface area contributed by atoms with E-state index in [2.05, 4.69) is 48.3 Å². The molecule has 17 heavy (non-hydrogen) atoms. The highest BCUT2D eigenvalue weighted by atomic mass is 35.5. The van der Waals surface area contributed by atoms with E-state index in [1.807, 2.05) is 4.57 Å². The molecule has 0 radical (unpaired) electrons. The van der Waals surface area contributed by atoms with Gasteiger partial charge in [0.2, 0.25) is 5.28 Å². The molecule has 0 bridgehead atoms. The molecule has 1 heterocycles.